The fourth-order valence-corrected chi connectivity index (χ4v) is 1.87. The van der Waals surface area contributed by atoms with Gasteiger partial charge in [-0.2, -0.15) is 0 Å². The number of aromatic nitrogens is 1. The van der Waals surface area contributed by atoms with Gasteiger partial charge in [-0.05, 0) is 30.2 Å². The molecule has 0 amide bonds. The maximum atomic E-state index is 9.12. The van der Waals surface area contributed by atoms with Gasteiger partial charge in [0.1, 0.15) is 5.76 Å². The Balaban J connectivity index is 2.02. The second-order valence-electron chi connectivity index (χ2n) is 4.32. The molecule has 2 aromatic rings. The van der Waals surface area contributed by atoms with E-state index in [4.69, 9.17) is 9.52 Å². The van der Waals surface area contributed by atoms with Crippen LogP contribution in [0.5, 0.6) is 0 Å². The Bertz CT molecular complexity index is 468. The molecule has 0 saturated heterocycles. The third-order valence-corrected chi connectivity index (χ3v) is 2.88. The molecule has 0 aliphatic heterocycles. The van der Waals surface area contributed by atoms with Gasteiger partial charge in [0.2, 0.25) is 0 Å². The number of hydrogen-bond donors (Lipinski definition) is 1. The SMILES string of the molecule is Cc1ccoc1CN(CCO)Cc1cccnc1. The molecular formula is C14H18N2O2. The van der Waals surface area contributed by atoms with Crippen LogP contribution < -0.4 is 0 Å². The highest BCUT2D eigenvalue weighted by Gasteiger charge is 2.10. The maximum Gasteiger partial charge on any atom is 0.120 e. The Kier molecular flexibility index (Phi) is 4.50. The topological polar surface area (TPSA) is 49.5 Å². The standard InChI is InChI=1S/C14H18N2O2/c1-12-4-8-18-14(12)11-16(6-7-17)10-13-3-2-5-15-9-13/h2-5,8-9,17H,6-7,10-11H2,1H3. The predicted octanol–water partition coefficient (Wildman–Crippen LogP) is 1.98. The van der Waals surface area contributed by atoms with Crippen LogP contribution in [0.15, 0.2) is 41.3 Å². The predicted molar refractivity (Wildman–Crippen MR) is 68.9 cm³/mol. The monoisotopic (exact) mass is 246 g/mol. The molecule has 0 aliphatic carbocycles. The van der Waals surface area contributed by atoms with Crippen molar-refractivity contribution in [3.8, 4) is 0 Å². The molecule has 18 heavy (non-hydrogen) atoms. The van der Waals surface area contributed by atoms with Gasteiger partial charge in [-0.1, -0.05) is 6.07 Å². The van der Waals surface area contributed by atoms with Crippen molar-refractivity contribution in [2.45, 2.75) is 20.0 Å². The highest BCUT2D eigenvalue weighted by atomic mass is 16.3. The zero-order valence-corrected chi connectivity index (χ0v) is 10.5. The van der Waals surface area contributed by atoms with E-state index >= 15 is 0 Å². The number of pyridine rings is 1. The number of aryl methyl sites for hydroxylation is 1. The number of aliphatic hydroxyl groups excluding tert-OH is 1. The second-order valence-corrected chi connectivity index (χ2v) is 4.32. The summed E-state index contributed by atoms with van der Waals surface area (Å²) in [5, 5.41) is 9.12. The van der Waals surface area contributed by atoms with Crippen molar-refractivity contribution in [3.63, 3.8) is 0 Å². The average molecular weight is 246 g/mol. The molecule has 4 heteroatoms. The van der Waals surface area contributed by atoms with Crippen molar-refractivity contribution in [1.29, 1.82) is 0 Å². The minimum absolute atomic E-state index is 0.139. The lowest BCUT2D eigenvalue weighted by atomic mass is 10.2. The summed E-state index contributed by atoms with van der Waals surface area (Å²) in [5.41, 5.74) is 2.28. The van der Waals surface area contributed by atoms with Gasteiger partial charge >= 0.3 is 0 Å². The lowest BCUT2D eigenvalue weighted by Gasteiger charge is -2.20. The van der Waals surface area contributed by atoms with Crippen LogP contribution in [0.4, 0.5) is 0 Å². The van der Waals surface area contributed by atoms with E-state index in [2.05, 4.69) is 9.88 Å². The van der Waals surface area contributed by atoms with E-state index in [-0.39, 0.29) is 6.61 Å². The molecule has 0 unspecified atom stereocenters. The van der Waals surface area contributed by atoms with Gasteiger partial charge in [0.15, 0.2) is 0 Å². The van der Waals surface area contributed by atoms with E-state index in [1.165, 1.54) is 0 Å². The molecule has 0 aromatic carbocycles. The zero-order chi connectivity index (χ0) is 12.8. The normalized spacial score (nSPS) is 11.1. The maximum absolute atomic E-state index is 9.12. The first-order valence-electron chi connectivity index (χ1n) is 6.04. The van der Waals surface area contributed by atoms with Crippen molar-refractivity contribution in [3.05, 3.63) is 53.7 Å². The fraction of sp³-hybridized carbons (Fsp3) is 0.357. The molecule has 2 aromatic heterocycles. The summed E-state index contributed by atoms with van der Waals surface area (Å²) >= 11 is 0. The Hall–Kier alpha value is -1.65. The molecule has 4 nitrogen and oxygen atoms in total. The van der Waals surface area contributed by atoms with E-state index < -0.39 is 0 Å². The van der Waals surface area contributed by atoms with Crippen molar-refractivity contribution >= 4 is 0 Å². The number of hydrogen-bond acceptors (Lipinski definition) is 4. The summed E-state index contributed by atoms with van der Waals surface area (Å²) in [4.78, 5) is 6.24. The molecule has 2 rings (SSSR count). The number of aliphatic hydroxyl groups is 1. The van der Waals surface area contributed by atoms with Crippen LogP contribution in [0.2, 0.25) is 0 Å². The minimum atomic E-state index is 0.139. The van der Waals surface area contributed by atoms with Gasteiger partial charge < -0.3 is 9.52 Å². The molecule has 1 N–H and O–H groups in total. The van der Waals surface area contributed by atoms with Gasteiger partial charge in [0, 0.05) is 25.5 Å². The highest BCUT2D eigenvalue weighted by Crippen LogP contribution is 2.13. The molecular weight excluding hydrogens is 228 g/mol. The van der Waals surface area contributed by atoms with Crippen LogP contribution in [-0.4, -0.2) is 28.1 Å². The van der Waals surface area contributed by atoms with Crippen LogP contribution in [0.25, 0.3) is 0 Å². The number of rotatable bonds is 6. The molecule has 0 aliphatic rings. The molecule has 0 bridgehead atoms. The molecule has 2 heterocycles. The van der Waals surface area contributed by atoms with Gasteiger partial charge in [-0.3, -0.25) is 9.88 Å². The van der Waals surface area contributed by atoms with Crippen LogP contribution in [0.3, 0.4) is 0 Å². The van der Waals surface area contributed by atoms with Crippen molar-refractivity contribution in [2.24, 2.45) is 0 Å². The number of furan rings is 1. The number of nitrogens with zero attached hydrogens (tertiary/aromatic N) is 2. The van der Waals surface area contributed by atoms with Crippen LogP contribution in [0.1, 0.15) is 16.9 Å². The summed E-state index contributed by atoms with van der Waals surface area (Å²) < 4.78 is 5.44. The largest absolute Gasteiger partial charge is 0.468 e. The molecule has 0 radical (unpaired) electrons. The first-order chi connectivity index (χ1) is 8.79. The van der Waals surface area contributed by atoms with Gasteiger partial charge in [0.25, 0.3) is 0 Å². The van der Waals surface area contributed by atoms with Crippen molar-refractivity contribution < 1.29 is 9.52 Å². The van der Waals surface area contributed by atoms with E-state index in [1.807, 2.05) is 31.3 Å². The highest BCUT2D eigenvalue weighted by molar-refractivity contribution is 5.15. The lowest BCUT2D eigenvalue weighted by molar-refractivity contribution is 0.174. The quantitative estimate of drug-likeness (QED) is 0.846. The summed E-state index contributed by atoms with van der Waals surface area (Å²) in [7, 11) is 0. The summed E-state index contributed by atoms with van der Waals surface area (Å²) in [5.74, 6) is 0.951. The third-order valence-electron chi connectivity index (χ3n) is 2.88. The van der Waals surface area contributed by atoms with Gasteiger partial charge in [0.05, 0.1) is 19.4 Å². The van der Waals surface area contributed by atoms with Crippen molar-refractivity contribution in [1.82, 2.24) is 9.88 Å². The van der Waals surface area contributed by atoms with Crippen molar-refractivity contribution in [2.75, 3.05) is 13.2 Å². The third kappa shape index (κ3) is 3.42. The Labute approximate surface area is 107 Å². The van der Waals surface area contributed by atoms with E-state index in [9.17, 15) is 0 Å². The Morgan fingerprint density at radius 3 is 2.83 bits per heavy atom. The van der Waals surface area contributed by atoms with Gasteiger partial charge in [-0.15, -0.1) is 0 Å². The molecule has 0 saturated carbocycles. The van der Waals surface area contributed by atoms with Crippen LogP contribution >= 0.6 is 0 Å². The first kappa shape index (κ1) is 12.8. The van der Waals surface area contributed by atoms with E-state index in [0.29, 0.717) is 13.1 Å². The lowest BCUT2D eigenvalue weighted by Crippen LogP contribution is -2.26. The fourth-order valence-electron chi connectivity index (χ4n) is 1.87. The van der Waals surface area contributed by atoms with E-state index in [0.717, 1.165) is 23.4 Å². The van der Waals surface area contributed by atoms with Crippen LogP contribution in [-0.2, 0) is 13.1 Å². The van der Waals surface area contributed by atoms with Gasteiger partial charge in [-0.25, -0.2) is 0 Å². The summed E-state index contributed by atoms with van der Waals surface area (Å²) in [6.07, 6.45) is 5.31. The zero-order valence-electron chi connectivity index (χ0n) is 10.5. The Morgan fingerprint density at radius 2 is 2.22 bits per heavy atom. The average Bonchev–Trinajstić information content (AvgIpc) is 2.77. The molecule has 0 atom stereocenters. The Morgan fingerprint density at radius 1 is 1.33 bits per heavy atom. The smallest absolute Gasteiger partial charge is 0.120 e. The molecule has 0 spiro atoms. The molecule has 96 valence electrons. The summed E-state index contributed by atoms with van der Waals surface area (Å²) in [6.45, 7) is 4.25. The van der Waals surface area contributed by atoms with Crippen LogP contribution in [0, 0.1) is 6.92 Å². The first-order valence-corrected chi connectivity index (χ1v) is 6.04. The summed E-state index contributed by atoms with van der Waals surface area (Å²) in [6, 6.07) is 5.91. The van der Waals surface area contributed by atoms with E-state index in [1.54, 1.807) is 12.5 Å². The minimum Gasteiger partial charge on any atom is -0.468 e. The molecule has 0 fully saturated rings. The second kappa shape index (κ2) is 6.33.